The molecule has 0 aliphatic heterocycles. The van der Waals surface area contributed by atoms with Crippen LogP contribution in [-0.2, 0) is 16.0 Å². The van der Waals surface area contributed by atoms with Crippen molar-refractivity contribution in [2.75, 3.05) is 10.6 Å². The van der Waals surface area contributed by atoms with E-state index in [0.29, 0.717) is 46.0 Å². The van der Waals surface area contributed by atoms with Crippen LogP contribution in [0.15, 0.2) is 47.0 Å². The van der Waals surface area contributed by atoms with E-state index >= 15 is 0 Å². The van der Waals surface area contributed by atoms with Crippen LogP contribution in [0.25, 0.3) is 11.4 Å². The standard InChI is InChI=1S/C20H18Cl2N4O3/c1-12(27)23-17-10-9-15(11-16(17)22)24-18(28)3-2-4-19-25-20(26-29-19)13-5-7-14(21)8-6-13/h5-11H,2-4H2,1H3,(H,23,27)(H,24,28). The molecule has 0 aliphatic rings. The van der Waals surface area contributed by atoms with Gasteiger partial charge in [0.25, 0.3) is 0 Å². The number of anilines is 2. The van der Waals surface area contributed by atoms with Crippen molar-refractivity contribution < 1.29 is 14.1 Å². The normalized spacial score (nSPS) is 10.6. The summed E-state index contributed by atoms with van der Waals surface area (Å²) in [5, 5.41) is 10.3. The number of hydrogen-bond acceptors (Lipinski definition) is 5. The number of hydrogen-bond donors (Lipinski definition) is 2. The van der Waals surface area contributed by atoms with Gasteiger partial charge in [-0.2, -0.15) is 4.98 Å². The van der Waals surface area contributed by atoms with Crippen molar-refractivity contribution in [1.82, 2.24) is 10.1 Å². The molecule has 2 N–H and O–H groups in total. The first-order valence-electron chi connectivity index (χ1n) is 8.86. The molecule has 3 aromatic rings. The number of halogens is 2. The molecule has 0 unspecified atom stereocenters. The van der Waals surface area contributed by atoms with E-state index in [2.05, 4.69) is 20.8 Å². The lowest BCUT2D eigenvalue weighted by molar-refractivity contribution is -0.116. The van der Waals surface area contributed by atoms with Crippen LogP contribution >= 0.6 is 23.2 Å². The highest BCUT2D eigenvalue weighted by Crippen LogP contribution is 2.25. The summed E-state index contributed by atoms with van der Waals surface area (Å²) in [6.45, 7) is 1.40. The van der Waals surface area contributed by atoms with Crippen molar-refractivity contribution in [3.8, 4) is 11.4 Å². The van der Waals surface area contributed by atoms with Crippen molar-refractivity contribution in [1.29, 1.82) is 0 Å². The van der Waals surface area contributed by atoms with Crippen LogP contribution in [0.5, 0.6) is 0 Å². The maximum atomic E-state index is 12.1. The summed E-state index contributed by atoms with van der Waals surface area (Å²) in [5.41, 5.74) is 1.85. The number of nitrogens with zero attached hydrogens (tertiary/aromatic N) is 2. The van der Waals surface area contributed by atoms with Crippen LogP contribution in [0.2, 0.25) is 10.0 Å². The Morgan fingerprint density at radius 2 is 1.83 bits per heavy atom. The Morgan fingerprint density at radius 3 is 2.52 bits per heavy atom. The highest BCUT2D eigenvalue weighted by molar-refractivity contribution is 6.34. The third kappa shape index (κ3) is 6.04. The minimum Gasteiger partial charge on any atom is -0.339 e. The summed E-state index contributed by atoms with van der Waals surface area (Å²) in [6, 6.07) is 12.0. The lowest BCUT2D eigenvalue weighted by Crippen LogP contribution is -2.12. The van der Waals surface area contributed by atoms with E-state index in [4.69, 9.17) is 27.7 Å². The molecule has 29 heavy (non-hydrogen) atoms. The number of benzene rings is 2. The minimum atomic E-state index is -0.219. The molecule has 0 radical (unpaired) electrons. The van der Waals surface area contributed by atoms with Crippen molar-refractivity contribution >= 4 is 46.4 Å². The summed E-state index contributed by atoms with van der Waals surface area (Å²) in [6.07, 6.45) is 1.31. The molecule has 7 nitrogen and oxygen atoms in total. The highest BCUT2D eigenvalue weighted by Gasteiger charge is 2.11. The molecule has 0 fully saturated rings. The Morgan fingerprint density at radius 1 is 1.07 bits per heavy atom. The van der Waals surface area contributed by atoms with Gasteiger partial charge < -0.3 is 15.2 Å². The van der Waals surface area contributed by atoms with Gasteiger partial charge in [0, 0.05) is 36.0 Å². The van der Waals surface area contributed by atoms with Crippen LogP contribution in [0.3, 0.4) is 0 Å². The number of carbonyl (C=O) groups is 2. The molecule has 1 heterocycles. The van der Waals surface area contributed by atoms with Gasteiger partial charge in [-0.3, -0.25) is 9.59 Å². The van der Waals surface area contributed by atoms with Crippen LogP contribution in [0.1, 0.15) is 25.7 Å². The minimum absolute atomic E-state index is 0.161. The molecule has 2 amide bonds. The summed E-state index contributed by atoms with van der Waals surface area (Å²) in [5.74, 6) is 0.565. The molecule has 0 atom stereocenters. The summed E-state index contributed by atoms with van der Waals surface area (Å²) < 4.78 is 5.23. The molecule has 3 rings (SSSR count). The summed E-state index contributed by atoms with van der Waals surface area (Å²) in [4.78, 5) is 27.6. The Kier molecular flexibility index (Phi) is 6.85. The number of aromatic nitrogens is 2. The zero-order valence-electron chi connectivity index (χ0n) is 15.5. The third-order valence-corrected chi connectivity index (χ3v) is 4.49. The van der Waals surface area contributed by atoms with Crippen molar-refractivity contribution in [3.05, 3.63) is 58.4 Å². The van der Waals surface area contributed by atoms with Crippen molar-refractivity contribution in [2.24, 2.45) is 0 Å². The summed E-state index contributed by atoms with van der Waals surface area (Å²) >= 11 is 12.0. The average Bonchev–Trinajstić information content (AvgIpc) is 3.13. The molecule has 0 aliphatic carbocycles. The van der Waals surface area contributed by atoms with Crippen LogP contribution in [-0.4, -0.2) is 22.0 Å². The highest BCUT2D eigenvalue weighted by atomic mass is 35.5. The van der Waals surface area contributed by atoms with Gasteiger partial charge in [-0.1, -0.05) is 28.4 Å². The van der Waals surface area contributed by atoms with Gasteiger partial charge in [-0.15, -0.1) is 0 Å². The van der Waals surface area contributed by atoms with Gasteiger partial charge in [-0.05, 0) is 48.9 Å². The quantitative estimate of drug-likeness (QED) is 0.549. The smallest absolute Gasteiger partial charge is 0.226 e. The maximum absolute atomic E-state index is 12.1. The number of amides is 2. The first-order chi connectivity index (χ1) is 13.9. The zero-order valence-corrected chi connectivity index (χ0v) is 17.0. The van der Waals surface area contributed by atoms with Gasteiger partial charge in [0.2, 0.25) is 23.5 Å². The molecule has 0 spiro atoms. The first-order valence-corrected chi connectivity index (χ1v) is 9.62. The predicted molar refractivity (Wildman–Crippen MR) is 112 cm³/mol. The molecule has 2 aromatic carbocycles. The summed E-state index contributed by atoms with van der Waals surface area (Å²) in [7, 11) is 0. The molecular weight excluding hydrogens is 415 g/mol. The lowest BCUT2D eigenvalue weighted by Gasteiger charge is -2.09. The van der Waals surface area contributed by atoms with Gasteiger partial charge in [0.15, 0.2) is 0 Å². The molecule has 0 saturated heterocycles. The SMILES string of the molecule is CC(=O)Nc1ccc(NC(=O)CCCc2nc(-c3ccc(Cl)cc3)no2)cc1Cl. The van der Waals surface area contributed by atoms with E-state index in [0.717, 1.165) is 5.56 Å². The monoisotopic (exact) mass is 432 g/mol. The Balaban J connectivity index is 1.48. The van der Waals surface area contributed by atoms with E-state index in [9.17, 15) is 9.59 Å². The van der Waals surface area contributed by atoms with Gasteiger partial charge in [0.1, 0.15) is 0 Å². The third-order valence-electron chi connectivity index (χ3n) is 3.93. The fraction of sp³-hybridized carbons (Fsp3) is 0.200. The number of aryl methyl sites for hydroxylation is 1. The first kappa shape index (κ1) is 20.8. The maximum Gasteiger partial charge on any atom is 0.226 e. The number of rotatable bonds is 7. The number of carbonyl (C=O) groups excluding carboxylic acids is 2. The molecule has 9 heteroatoms. The van der Waals surface area contributed by atoms with E-state index in [-0.39, 0.29) is 18.2 Å². The van der Waals surface area contributed by atoms with Crippen LogP contribution in [0.4, 0.5) is 11.4 Å². The topological polar surface area (TPSA) is 97.1 Å². The van der Waals surface area contributed by atoms with Gasteiger partial charge in [-0.25, -0.2) is 0 Å². The fourth-order valence-electron chi connectivity index (χ4n) is 2.58. The Labute approximate surface area is 177 Å². The molecular formula is C20H18Cl2N4O3. The average molecular weight is 433 g/mol. The van der Waals surface area contributed by atoms with Gasteiger partial charge in [0.05, 0.1) is 10.7 Å². The second-order valence-corrected chi connectivity index (χ2v) is 7.14. The Hall–Kier alpha value is -2.90. The van der Waals surface area contributed by atoms with E-state index < -0.39 is 0 Å². The molecule has 0 bridgehead atoms. The molecule has 0 saturated carbocycles. The van der Waals surface area contributed by atoms with E-state index in [1.165, 1.54) is 6.92 Å². The second kappa shape index (κ2) is 9.54. The van der Waals surface area contributed by atoms with Crippen LogP contribution in [0, 0.1) is 0 Å². The van der Waals surface area contributed by atoms with Crippen LogP contribution < -0.4 is 10.6 Å². The molecule has 150 valence electrons. The largest absolute Gasteiger partial charge is 0.339 e. The van der Waals surface area contributed by atoms with Crippen molar-refractivity contribution in [3.63, 3.8) is 0 Å². The lowest BCUT2D eigenvalue weighted by atomic mass is 10.2. The fourth-order valence-corrected chi connectivity index (χ4v) is 2.93. The van der Waals surface area contributed by atoms with Crippen molar-refractivity contribution in [2.45, 2.75) is 26.2 Å². The Bertz CT molecular complexity index is 1020. The zero-order chi connectivity index (χ0) is 20.8. The molecule has 1 aromatic heterocycles. The van der Waals surface area contributed by atoms with Gasteiger partial charge >= 0.3 is 0 Å². The number of nitrogens with one attached hydrogen (secondary N) is 2. The predicted octanol–water partition coefficient (Wildman–Crippen LogP) is 4.96. The van der Waals surface area contributed by atoms with E-state index in [1.807, 2.05) is 12.1 Å². The second-order valence-electron chi connectivity index (χ2n) is 6.30. The van der Waals surface area contributed by atoms with E-state index in [1.54, 1.807) is 30.3 Å².